The molecule has 1 saturated heterocycles. The predicted octanol–water partition coefficient (Wildman–Crippen LogP) is 2.59. The molecule has 1 heterocycles. The van der Waals surface area contributed by atoms with Gasteiger partial charge in [-0.2, -0.15) is 13.2 Å². The maximum atomic E-state index is 12.9. The molecule has 0 spiro atoms. The molecule has 2 aliphatic rings. The van der Waals surface area contributed by atoms with E-state index in [1.54, 1.807) is 11.0 Å². The van der Waals surface area contributed by atoms with Crippen LogP contribution in [0.25, 0.3) is 0 Å². The van der Waals surface area contributed by atoms with Gasteiger partial charge < -0.3 is 19.6 Å². The summed E-state index contributed by atoms with van der Waals surface area (Å²) < 4.78 is 43.7. The number of halogens is 3. The molecule has 1 aliphatic heterocycles. The fourth-order valence-electron chi connectivity index (χ4n) is 3.79. The summed E-state index contributed by atoms with van der Waals surface area (Å²) in [5, 5.41) is 10.3. The molecule has 1 saturated carbocycles. The minimum Gasteiger partial charge on any atom is -0.453 e. The van der Waals surface area contributed by atoms with Crippen molar-refractivity contribution in [3.05, 3.63) is 29.8 Å². The minimum absolute atomic E-state index is 0.316. The lowest BCUT2D eigenvalue weighted by atomic mass is 9.85. The van der Waals surface area contributed by atoms with Crippen LogP contribution < -0.4 is 4.90 Å². The van der Waals surface area contributed by atoms with Crippen LogP contribution in [0.15, 0.2) is 24.3 Å². The number of esters is 1. The van der Waals surface area contributed by atoms with Crippen molar-refractivity contribution in [2.24, 2.45) is 0 Å². The van der Waals surface area contributed by atoms with Crippen LogP contribution in [0.1, 0.15) is 37.7 Å². The number of aliphatic hydroxyl groups is 1. The normalized spacial score (nSPS) is 19.7. The molecule has 160 valence electrons. The van der Waals surface area contributed by atoms with Gasteiger partial charge in [0.15, 0.2) is 12.2 Å². The number of hydrogen-bond donors (Lipinski definition) is 1. The monoisotopic (exact) mass is 414 g/mol. The van der Waals surface area contributed by atoms with Crippen LogP contribution in [0.4, 0.5) is 18.9 Å². The van der Waals surface area contributed by atoms with Gasteiger partial charge in [-0.15, -0.1) is 0 Å². The highest BCUT2D eigenvalue weighted by molar-refractivity contribution is 5.84. The maximum absolute atomic E-state index is 12.9. The van der Waals surface area contributed by atoms with Crippen molar-refractivity contribution in [3.63, 3.8) is 0 Å². The van der Waals surface area contributed by atoms with Crippen LogP contribution in [0, 0.1) is 0 Å². The largest absolute Gasteiger partial charge is 0.453 e. The zero-order valence-corrected chi connectivity index (χ0v) is 16.1. The Morgan fingerprint density at radius 2 is 1.72 bits per heavy atom. The van der Waals surface area contributed by atoms with Crippen LogP contribution in [0.5, 0.6) is 0 Å². The number of carbonyl (C=O) groups is 2. The Labute approximate surface area is 167 Å². The fourth-order valence-corrected chi connectivity index (χ4v) is 3.79. The highest BCUT2D eigenvalue weighted by Gasteiger charge is 2.39. The zero-order chi connectivity index (χ0) is 21.1. The number of piperazine rings is 1. The second-order valence-electron chi connectivity index (χ2n) is 7.58. The predicted molar refractivity (Wildman–Crippen MR) is 99.2 cm³/mol. The van der Waals surface area contributed by atoms with Gasteiger partial charge in [0, 0.05) is 31.9 Å². The van der Waals surface area contributed by atoms with Crippen molar-refractivity contribution in [2.75, 3.05) is 37.7 Å². The third-order valence-electron chi connectivity index (χ3n) is 5.56. The van der Waals surface area contributed by atoms with E-state index in [9.17, 15) is 27.9 Å². The third kappa shape index (κ3) is 5.20. The second kappa shape index (κ2) is 8.61. The molecule has 1 aromatic carbocycles. The first-order valence-electron chi connectivity index (χ1n) is 9.79. The Kier molecular flexibility index (Phi) is 6.36. The van der Waals surface area contributed by atoms with E-state index < -0.39 is 29.9 Å². The van der Waals surface area contributed by atoms with E-state index in [1.165, 1.54) is 11.0 Å². The summed E-state index contributed by atoms with van der Waals surface area (Å²) in [5.41, 5.74) is -1.75. The number of nitrogens with zero attached hydrogens (tertiary/aromatic N) is 2. The molecule has 1 aromatic rings. The summed E-state index contributed by atoms with van der Waals surface area (Å²) in [5.74, 6) is -1.13. The molecule has 6 nitrogen and oxygen atoms in total. The molecule has 2 fully saturated rings. The van der Waals surface area contributed by atoms with E-state index in [0.29, 0.717) is 44.7 Å². The summed E-state index contributed by atoms with van der Waals surface area (Å²) >= 11 is 0. The molecule has 1 N–H and O–H groups in total. The highest BCUT2D eigenvalue weighted by Crippen LogP contribution is 2.32. The Bertz CT molecular complexity index is 739. The molecule has 0 radical (unpaired) electrons. The first-order valence-corrected chi connectivity index (χ1v) is 9.79. The van der Waals surface area contributed by atoms with Crippen LogP contribution in [0.2, 0.25) is 0 Å². The lowest BCUT2D eigenvalue weighted by Crippen LogP contribution is -2.50. The van der Waals surface area contributed by atoms with Crippen molar-refractivity contribution in [2.45, 2.75) is 43.9 Å². The van der Waals surface area contributed by atoms with Crippen LogP contribution >= 0.6 is 0 Å². The van der Waals surface area contributed by atoms with E-state index in [4.69, 9.17) is 4.74 Å². The van der Waals surface area contributed by atoms with E-state index >= 15 is 0 Å². The molecular formula is C20H25F3N2O4. The first kappa shape index (κ1) is 21.4. The molecule has 0 unspecified atom stereocenters. The average molecular weight is 414 g/mol. The summed E-state index contributed by atoms with van der Waals surface area (Å²) in [6.45, 7) is 0.953. The van der Waals surface area contributed by atoms with Gasteiger partial charge >= 0.3 is 12.1 Å². The molecule has 0 aromatic heterocycles. The first-order chi connectivity index (χ1) is 13.7. The van der Waals surface area contributed by atoms with Gasteiger partial charge in [-0.3, -0.25) is 4.79 Å². The van der Waals surface area contributed by atoms with Crippen molar-refractivity contribution in [1.82, 2.24) is 4.90 Å². The van der Waals surface area contributed by atoms with Gasteiger partial charge in [-0.05, 0) is 43.9 Å². The lowest BCUT2D eigenvalue weighted by Gasteiger charge is -2.36. The lowest BCUT2D eigenvalue weighted by molar-refractivity contribution is -0.172. The van der Waals surface area contributed by atoms with Gasteiger partial charge in [0.2, 0.25) is 0 Å². The summed E-state index contributed by atoms with van der Waals surface area (Å²) in [6, 6.07) is 5.10. The van der Waals surface area contributed by atoms with Crippen molar-refractivity contribution < 1.29 is 32.6 Å². The quantitative estimate of drug-likeness (QED) is 0.767. The van der Waals surface area contributed by atoms with E-state index in [-0.39, 0.29) is 5.91 Å². The smallest absolute Gasteiger partial charge is 0.416 e. The zero-order valence-electron chi connectivity index (χ0n) is 16.1. The van der Waals surface area contributed by atoms with Gasteiger partial charge in [0.25, 0.3) is 5.91 Å². The molecule has 9 heteroatoms. The van der Waals surface area contributed by atoms with Crippen LogP contribution in [0.3, 0.4) is 0 Å². The topological polar surface area (TPSA) is 70.1 Å². The molecule has 1 amide bonds. The second-order valence-corrected chi connectivity index (χ2v) is 7.58. The number of hydrogen-bond acceptors (Lipinski definition) is 5. The number of anilines is 1. The number of benzene rings is 1. The molecule has 3 rings (SSSR count). The van der Waals surface area contributed by atoms with Gasteiger partial charge in [0.1, 0.15) is 0 Å². The molecule has 1 aliphatic carbocycles. The average Bonchev–Trinajstić information content (AvgIpc) is 2.72. The van der Waals surface area contributed by atoms with Crippen LogP contribution in [-0.2, 0) is 20.5 Å². The van der Waals surface area contributed by atoms with Gasteiger partial charge in [0.05, 0.1) is 5.56 Å². The summed E-state index contributed by atoms with van der Waals surface area (Å²) in [7, 11) is 0. The van der Waals surface area contributed by atoms with Gasteiger partial charge in [-0.25, -0.2) is 4.79 Å². The number of carbonyl (C=O) groups excluding carboxylic acids is 2. The van der Waals surface area contributed by atoms with Crippen LogP contribution in [-0.4, -0.2) is 60.3 Å². The molecule has 0 atom stereocenters. The van der Waals surface area contributed by atoms with Gasteiger partial charge in [-0.1, -0.05) is 12.5 Å². The molecular weight excluding hydrogens is 389 g/mol. The van der Waals surface area contributed by atoms with E-state index in [0.717, 1.165) is 31.4 Å². The number of alkyl halides is 3. The fraction of sp³-hybridized carbons (Fsp3) is 0.600. The van der Waals surface area contributed by atoms with E-state index in [2.05, 4.69) is 0 Å². The van der Waals surface area contributed by atoms with Crippen molar-refractivity contribution in [3.8, 4) is 0 Å². The standard InChI is InChI=1S/C20H25F3N2O4/c21-20(22,23)15-5-4-6-16(13-15)24-9-11-25(12-10-24)17(26)14-29-18(27)19(28)7-2-1-3-8-19/h4-6,13,28H,1-3,7-12,14H2. The van der Waals surface area contributed by atoms with Crippen molar-refractivity contribution >= 4 is 17.6 Å². The SMILES string of the molecule is O=C(COC(=O)C1(O)CCCCC1)N1CCN(c2cccc(C(F)(F)F)c2)CC1. The van der Waals surface area contributed by atoms with Crippen molar-refractivity contribution in [1.29, 1.82) is 0 Å². The summed E-state index contributed by atoms with van der Waals surface area (Å²) in [6.07, 6.45) is -1.26. The Morgan fingerprint density at radius 3 is 2.34 bits per heavy atom. The van der Waals surface area contributed by atoms with E-state index in [1.807, 2.05) is 0 Å². The number of amides is 1. The summed E-state index contributed by atoms with van der Waals surface area (Å²) in [4.78, 5) is 27.7. The number of ether oxygens (including phenoxy) is 1. The maximum Gasteiger partial charge on any atom is 0.416 e. The Hall–Kier alpha value is -2.29. The Balaban J connectivity index is 1.49. The third-order valence-corrected chi connectivity index (χ3v) is 5.56. The molecule has 0 bridgehead atoms. The highest BCUT2D eigenvalue weighted by atomic mass is 19.4. The minimum atomic E-state index is -4.40. The Morgan fingerprint density at radius 1 is 1.07 bits per heavy atom. The molecule has 29 heavy (non-hydrogen) atoms. The number of rotatable bonds is 4.